The molecule has 0 unspecified atom stereocenters. The van der Waals surface area contributed by atoms with Crippen LogP contribution < -0.4 is 0 Å². The fourth-order valence-corrected chi connectivity index (χ4v) is 3.56. The molecule has 0 amide bonds. The molecule has 0 aromatic carbocycles. The van der Waals surface area contributed by atoms with Crippen LogP contribution in [0.15, 0.2) is 28.1 Å². The van der Waals surface area contributed by atoms with E-state index in [9.17, 15) is 4.79 Å². The van der Waals surface area contributed by atoms with E-state index in [1.54, 1.807) is 22.7 Å². The third-order valence-electron chi connectivity index (χ3n) is 1.98. The number of rotatable bonds is 3. The summed E-state index contributed by atoms with van der Waals surface area (Å²) >= 11 is 6.58. The predicted molar refractivity (Wildman–Crippen MR) is 69.1 cm³/mol. The van der Waals surface area contributed by atoms with Crippen LogP contribution in [0.2, 0.25) is 0 Å². The van der Waals surface area contributed by atoms with Gasteiger partial charge in [0.05, 0.1) is 8.66 Å². The predicted octanol–water partition coefficient (Wildman–Crippen LogP) is 4.31. The molecule has 78 valence electrons. The van der Waals surface area contributed by atoms with Crippen molar-refractivity contribution < 1.29 is 4.79 Å². The van der Waals surface area contributed by atoms with Gasteiger partial charge in [-0.05, 0) is 47.1 Å². The number of carbonyl (C=O) groups is 1. The number of hydrogen-bond acceptors (Lipinski definition) is 3. The van der Waals surface area contributed by atoms with Crippen molar-refractivity contribution in [2.45, 2.75) is 13.3 Å². The van der Waals surface area contributed by atoms with Gasteiger partial charge in [0.15, 0.2) is 5.78 Å². The van der Waals surface area contributed by atoms with E-state index < -0.39 is 0 Å². The van der Waals surface area contributed by atoms with Crippen molar-refractivity contribution in [3.63, 3.8) is 0 Å². The molecule has 0 aliphatic carbocycles. The SMILES string of the molecule is Cc1ccc(C(=O)Cc2ccc(Br)s2)s1. The van der Waals surface area contributed by atoms with Crippen molar-refractivity contribution in [3.05, 3.63) is 42.7 Å². The molecule has 0 aliphatic heterocycles. The summed E-state index contributed by atoms with van der Waals surface area (Å²) in [6.45, 7) is 2.02. The normalized spacial score (nSPS) is 10.5. The molecule has 0 aliphatic rings. The van der Waals surface area contributed by atoms with Gasteiger partial charge >= 0.3 is 0 Å². The molecular formula is C11H9BrOS2. The first-order valence-corrected chi connectivity index (χ1v) is 6.91. The van der Waals surface area contributed by atoms with Gasteiger partial charge in [0, 0.05) is 16.2 Å². The number of carbonyl (C=O) groups excluding carboxylic acids is 1. The minimum absolute atomic E-state index is 0.211. The third-order valence-corrected chi connectivity index (χ3v) is 4.64. The van der Waals surface area contributed by atoms with E-state index in [-0.39, 0.29) is 5.78 Å². The molecule has 2 heterocycles. The molecule has 0 spiro atoms. The largest absolute Gasteiger partial charge is 0.293 e. The monoisotopic (exact) mass is 300 g/mol. The van der Waals surface area contributed by atoms with Gasteiger partial charge in [0.2, 0.25) is 0 Å². The van der Waals surface area contributed by atoms with Gasteiger partial charge in [0.1, 0.15) is 0 Å². The van der Waals surface area contributed by atoms with E-state index >= 15 is 0 Å². The van der Waals surface area contributed by atoms with Gasteiger partial charge in [0.25, 0.3) is 0 Å². The first-order valence-electron chi connectivity index (χ1n) is 4.49. The number of thiophene rings is 2. The quantitative estimate of drug-likeness (QED) is 0.772. The summed E-state index contributed by atoms with van der Waals surface area (Å²) in [5, 5.41) is 0. The second kappa shape index (κ2) is 4.60. The molecule has 0 radical (unpaired) electrons. The number of hydrogen-bond donors (Lipinski definition) is 0. The molecule has 2 rings (SSSR count). The molecule has 2 aromatic rings. The maximum Gasteiger partial charge on any atom is 0.177 e. The summed E-state index contributed by atoms with van der Waals surface area (Å²) in [6, 6.07) is 7.87. The Labute approximate surface area is 105 Å². The Morgan fingerprint density at radius 3 is 2.60 bits per heavy atom. The average Bonchev–Trinajstić information content (AvgIpc) is 2.75. The zero-order valence-corrected chi connectivity index (χ0v) is 11.3. The lowest BCUT2D eigenvalue weighted by Gasteiger charge is -1.93. The van der Waals surface area contributed by atoms with Crippen LogP contribution in [0.1, 0.15) is 19.4 Å². The number of halogens is 1. The van der Waals surface area contributed by atoms with Crippen molar-refractivity contribution in [1.29, 1.82) is 0 Å². The van der Waals surface area contributed by atoms with Gasteiger partial charge in [-0.3, -0.25) is 4.79 Å². The lowest BCUT2D eigenvalue weighted by atomic mass is 10.2. The molecule has 2 aromatic heterocycles. The Kier molecular flexibility index (Phi) is 3.38. The van der Waals surface area contributed by atoms with E-state index in [0.29, 0.717) is 6.42 Å². The molecule has 0 saturated carbocycles. The van der Waals surface area contributed by atoms with Crippen LogP contribution in [0.5, 0.6) is 0 Å². The van der Waals surface area contributed by atoms with Gasteiger partial charge < -0.3 is 0 Å². The number of ketones is 1. The maximum atomic E-state index is 11.8. The van der Waals surface area contributed by atoms with E-state index in [1.807, 2.05) is 31.2 Å². The van der Waals surface area contributed by atoms with E-state index in [2.05, 4.69) is 15.9 Å². The van der Waals surface area contributed by atoms with Crippen LogP contribution in [0.25, 0.3) is 0 Å². The van der Waals surface area contributed by atoms with Crippen LogP contribution in [0.4, 0.5) is 0 Å². The van der Waals surface area contributed by atoms with Crippen LogP contribution >= 0.6 is 38.6 Å². The summed E-state index contributed by atoms with van der Waals surface area (Å²) in [4.78, 5) is 15.0. The lowest BCUT2D eigenvalue weighted by molar-refractivity contribution is 0.0997. The van der Waals surface area contributed by atoms with E-state index in [4.69, 9.17) is 0 Å². The highest BCUT2D eigenvalue weighted by Gasteiger charge is 2.10. The summed E-state index contributed by atoms with van der Waals surface area (Å²) in [5.41, 5.74) is 0. The minimum atomic E-state index is 0.211. The Balaban J connectivity index is 2.10. The van der Waals surface area contributed by atoms with Crippen LogP contribution in [-0.4, -0.2) is 5.78 Å². The van der Waals surface area contributed by atoms with Crippen molar-refractivity contribution in [2.24, 2.45) is 0 Å². The molecule has 0 bridgehead atoms. The lowest BCUT2D eigenvalue weighted by Crippen LogP contribution is -1.98. The van der Waals surface area contributed by atoms with E-state index in [1.165, 1.54) is 4.88 Å². The third kappa shape index (κ3) is 2.77. The molecule has 0 fully saturated rings. The van der Waals surface area contributed by atoms with Gasteiger partial charge in [-0.1, -0.05) is 0 Å². The highest BCUT2D eigenvalue weighted by atomic mass is 79.9. The van der Waals surface area contributed by atoms with Crippen LogP contribution in [0.3, 0.4) is 0 Å². The smallest absolute Gasteiger partial charge is 0.177 e. The zero-order valence-electron chi connectivity index (χ0n) is 8.12. The van der Waals surface area contributed by atoms with Gasteiger partial charge in [-0.25, -0.2) is 0 Å². The summed E-state index contributed by atoms with van der Waals surface area (Å²) < 4.78 is 1.08. The van der Waals surface area contributed by atoms with Crippen molar-refractivity contribution in [3.8, 4) is 0 Å². The standard InChI is InChI=1S/C11H9BrOS2/c1-7-2-4-10(14-7)9(13)6-8-3-5-11(12)15-8/h2-5H,6H2,1H3. The second-order valence-electron chi connectivity index (χ2n) is 3.22. The number of aryl methyl sites for hydroxylation is 1. The van der Waals surface area contributed by atoms with Gasteiger partial charge in [-0.15, -0.1) is 22.7 Å². The molecule has 0 atom stereocenters. The Hall–Kier alpha value is -0.450. The first kappa shape index (κ1) is 11.0. The molecule has 4 heteroatoms. The van der Waals surface area contributed by atoms with E-state index in [0.717, 1.165) is 13.5 Å². The summed E-state index contributed by atoms with van der Waals surface area (Å²) in [7, 11) is 0. The highest BCUT2D eigenvalue weighted by Crippen LogP contribution is 2.24. The zero-order chi connectivity index (χ0) is 10.8. The second-order valence-corrected chi connectivity index (χ2v) is 7.05. The number of Topliss-reactive ketones (excluding diaryl/α,β-unsaturated/α-hetero) is 1. The molecule has 15 heavy (non-hydrogen) atoms. The molecule has 0 saturated heterocycles. The van der Waals surface area contributed by atoms with Gasteiger partial charge in [-0.2, -0.15) is 0 Å². The Bertz CT molecular complexity index is 484. The van der Waals surface area contributed by atoms with Crippen molar-refractivity contribution >= 4 is 44.4 Å². The summed E-state index contributed by atoms with van der Waals surface area (Å²) in [5.74, 6) is 0.211. The maximum absolute atomic E-state index is 11.8. The fraction of sp³-hybridized carbons (Fsp3) is 0.182. The van der Waals surface area contributed by atoms with Crippen LogP contribution in [0, 0.1) is 6.92 Å². The van der Waals surface area contributed by atoms with Crippen LogP contribution in [-0.2, 0) is 6.42 Å². The molecular weight excluding hydrogens is 292 g/mol. The minimum Gasteiger partial charge on any atom is -0.293 e. The first-order chi connectivity index (χ1) is 7.15. The van der Waals surface area contributed by atoms with Crippen molar-refractivity contribution in [2.75, 3.05) is 0 Å². The molecule has 1 nitrogen and oxygen atoms in total. The average molecular weight is 301 g/mol. The molecule has 0 N–H and O–H groups in total. The highest BCUT2D eigenvalue weighted by molar-refractivity contribution is 9.11. The Morgan fingerprint density at radius 1 is 1.27 bits per heavy atom. The topological polar surface area (TPSA) is 17.1 Å². The Morgan fingerprint density at radius 2 is 2.07 bits per heavy atom. The van der Waals surface area contributed by atoms with Crippen molar-refractivity contribution in [1.82, 2.24) is 0 Å². The fourth-order valence-electron chi connectivity index (χ4n) is 1.28. The summed E-state index contributed by atoms with van der Waals surface area (Å²) in [6.07, 6.45) is 0.510.